The second-order valence-electron chi connectivity index (χ2n) is 8.16. The first-order valence-corrected chi connectivity index (χ1v) is 11.6. The fourth-order valence-electron chi connectivity index (χ4n) is 4.33. The highest BCUT2D eigenvalue weighted by atomic mass is 19.1. The Hall–Kier alpha value is -3.81. The molecule has 0 bridgehead atoms. The minimum atomic E-state index is -0.284. The molecule has 0 aliphatic carbocycles. The van der Waals surface area contributed by atoms with Crippen LogP contribution in [0.15, 0.2) is 60.9 Å². The highest BCUT2D eigenvalue weighted by Gasteiger charge is 2.35. The Morgan fingerprint density at radius 1 is 1.12 bits per heavy atom. The van der Waals surface area contributed by atoms with Gasteiger partial charge in [-0.2, -0.15) is 0 Å². The van der Waals surface area contributed by atoms with Crippen molar-refractivity contribution in [2.45, 2.75) is 46.2 Å². The molecule has 0 radical (unpaired) electrons. The molecule has 1 aliphatic rings. The molecule has 4 aromatic rings. The van der Waals surface area contributed by atoms with Gasteiger partial charge in [0.15, 0.2) is 5.65 Å². The van der Waals surface area contributed by atoms with Gasteiger partial charge in [-0.15, -0.1) is 5.10 Å². The summed E-state index contributed by atoms with van der Waals surface area (Å²) in [6.07, 6.45) is 4.02. The SMILES string of the molecule is CC.Cc1cccnc1C(=O)NC1C[C@H](c2cccc(F)c2)N(c2ccc3ncc(C)n3n2)C1.[HH]. The van der Waals surface area contributed by atoms with Gasteiger partial charge in [0.25, 0.3) is 5.91 Å². The van der Waals surface area contributed by atoms with E-state index in [-0.39, 0.29) is 25.2 Å². The van der Waals surface area contributed by atoms with Gasteiger partial charge in [-0.25, -0.2) is 13.9 Å². The lowest BCUT2D eigenvalue weighted by Gasteiger charge is -2.26. The molecule has 1 saturated heterocycles. The van der Waals surface area contributed by atoms with Gasteiger partial charge in [0, 0.05) is 20.2 Å². The molecule has 0 saturated carbocycles. The van der Waals surface area contributed by atoms with Gasteiger partial charge in [-0.05, 0) is 61.7 Å². The zero-order valence-electron chi connectivity index (χ0n) is 19.9. The number of fused-ring (bicyclic) bond motifs is 1. The second-order valence-corrected chi connectivity index (χ2v) is 8.16. The van der Waals surface area contributed by atoms with Crippen LogP contribution in [0.25, 0.3) is 5.65 Å². The van der Waals surface area contributed by atoms with Crippen molar-refractivity contribution in [3.8, 4) is 0 Å². The molecule has 5 rings (SSSR count). The number of carbonyl (C=O) groups excluding carboxylic acids is 1. The Morgan fingerprint density at radius 3 is 2.71 bits per heavy atom. The van der Waals surface area contributed by atoms with Crippen molar-refractivity contribution >= 4 is 17.4 Å². The molecule has 1 N–H and O–H groups in total. The molecule has 4 heterocycles. The van der Waals surface area contributed by atoms with Gasteiger partial charge in [-0.1, -0.05) is 32.0 Å². The van der Waals surface area contributed by atoms with E-state index < -0.39 is 0 Å². The Balaban J connectivity index is 0.00000111. The molecule has 7 nitrogen and oxygen atoms in total. The van der Waals surface area contributed by atoms with Crippen molar-refractivity contribution in [2.75, 3.05) is 11.4 Å². The summed E-state index contributed by atoms with van der Waals surface area (Å²) in [5.74, 6) is 0.258. The molecule has 1 aromatic carbocycles. The molecule has 1 fully saturated rings. The maximum absolute atomic E-state index is 14.0. The third-order valence-corrected chi connectivity index (χ3v) is 5.91. The zero-order valence-corrected chi connectivity index (χ0v) is 19.9. The largest absolute Gasteiger partial charge is 0.346 e. The predicted molar refractivity (Wildman–Crippen MR) is 133 cm³/mol. The van der Waals surface area contributed by atoms with Crippen molar-refractivity contribution in [3.63, 3.8) is 0 Å². The number of pyridine rings is 1. The molecule has 8 heteroatoms. The van der Waals surface area contributed by atoms with Crippen LogP contribution in [0.3, 0.4) is 0 Å². The number of nitrogens with zero attached hydrogens (tertiary/aromatic N) is 5. The Bertz CT molecular complexity index is 1310. The monoisotopic (exact) mass is 462 g/mol. The maximum atomic E-state index is 14.0. The fourth-order valence-corrected chi connectivity index (χ4v) is 4.33. The third kappa shape index (κ3) is 4.62. The van der Waals surface area contributed by atoms with E-state index in [2.05, 4.69) is 20.2 Å². The number of carbonyl (C=O) groups is 1. The first-order valence-electron chi connectivity index (χ1n) is 11.6. The van der Waals surface area contributed by atoms with Crippen LogP contribution < -0.4 is 10.2 Å². The normalized spacial score (nSPS) is 17.4. The number of hydrogen-bond acceptors (Lipinski definition) is 5. The van der Waals surface area contributed by atoms with E-state index in [1.807, 2.05) is 58.0 Å². The van der Waals surface area contributed by atoms with E-state index in [0.29, 0.717) is 18.7 Å². The maximum Gasteiger partial charge on any atom is 0.270 e. The summed E-state index contributed by atoms with van der Waals surface area (Å²) in [5.41, 5.74) is 3.79. The van der Waals surface area contributed by atoms with E-state index in [9.17, 15) is 9.18 Å². The van der Waals surface area contributed by atoms with Crippen molar-refractivity contribution in [1.29, 1.82) is 0 Å². The number of anilines is 1. The van der Waals surface area contributed by atoms with Crippen LogP contribution in [0.4, 0.5) is 10.2 Å². The summed E-state index contributed by atoms with van der Waals surface area (Å²) in [6.45, 7) is 8.36. The number of aromatic nitrogens is 4. The van der Waals surface area contributed by atoms with Crippen molar-refractivity contribution in [3.05, 3.63) is 89.3 Å². The number of nitrogens with one attached hydrogen (secondary N) is 1. The van der Waals surface area contributed by atoms with Crippen molar-refractivity contribution in [2.24, 2.45) is 0 Å². The number of rotatable bonds is 4. The second kappa shape index (κ2) is 9.99. The molecule has 1 aliphatic heterocycles. The molecule has 0 spiro atoms. The summed E-state index contributed by atoms with van der Waals surface area (Å²) in [7, 11) is 0. The van der Waals surface area contributed by atoms with Crippen LogP contribution in [0.1, 0.15) is 55.0 Å². The minimum Gasteiger partial charge on any atom is -0.346 e. The van der Waals surface area contributed by atoms with Crippen LogP contribution in [-0.4, -0.2) is 38.1 Å². The number of hydrogen-bond donors (Lipinski definition) is 1. The van der Waals surface area contributed by atoms with Gasteiger partial charge >= 0.3 is 0 Å². The minimum absolute atomic E-state index is 0. The molecule has 34 heavy (non-hydrogen) atoms. The van der Waals surface area contributed by atoms with Crippen LogP contribution in [0, 0.1) is 19.7 Å². The predicted octanol–water partition coefficient (Wildman–Crippen LogP) is 4.90. The average Bonchev–Trinajstić information content (AvgIpc) is 3.44. The summed E-state index contributed by atoms with van der Waals surface area (Å²) in [6, 6.07) is 13.8. The molecule has 3 aromatic heterocycles. The van der Waals surface area contributed by atoms with Crippen molar-refractivity contribution < 1.29 is 10.6 Å². The summed E-state index contributed by atoms with van der Waals surface area (Å²) < 4.78 is 15.8. The first kappa shape index (κ1) is 23.4. The number of halogens is 1. The van der Waals surface area contributed by atoms with Crippen LogP contribution in [-0.2, 0) is 0 Å². The zero-order chi connectivity index (χ0) is 24.2. The van der Waals surface area contributed by atoms with Crippen LogP contribution in [0.2, 0.25) is 0 Å². The van der Waals surface area contributed by atoms with Gasteiger partial charge in [-0.3, -0.25) is 9.78 Å². The molecular weight excluding hydrogens is 431 g/mol. The standard InChI is InChI=1S/C24H23FN6O.C2H6.H2/c1-15-5-4-10-26-23(15)24(32)28-19-12-20(17-6-3-7-18(25)11-17)30(14-19)22-9-8-21-27-13-16(2)31(21)29-22;1-2;/h3-11,13,19-20H,12,14H2,1-2H3,(H,28,32);1-2H3;1H/t19?,20-;;/m1../s1. The molecular formula is C26H31FN6O. The molecule has 1 unspecified atom stereocenters. The Labute approximate surface area is 200 Å². The fraction of sp³-hybridized carbons (Fsp3) is 0.308. The van der Waals surface area contributed by atoms with Crippen LogP contribution in [0.5, 0.6) is 0 Å². The topological polar surface area (TPSA) is 75.4 Å². The number of imidazole rings is 1. The van der Waals surface area contributed by atoms with Gasteiger partial charge in [0.05, 0.1) is 17.9 Å². The Morgan fingerprint density at radius 2 is 1.94 bits per heavy atom. The van der Waals surface area contributed by atoms with Crippen molar-refractivity contribution in [1.82, 2.24) is 24.9 Å². The third-order valence-electron chi connectivity index (χ3n) is 5.91. The molecule has 178 valence electrons. The number of benzene rings is 1. The van der Waals surface area contributed by atoms with E-state index in [1.54, 1.807) is 29.0 Å². The lowest BCUT2D eigenvalue weighted by molar-refractivity contribution is 0.0934. The summed E-state index contributed by atoms with van der Waals surface area (Å²) >= 11 is 0. The van der Waals surface area contributed by atoms with Gasteiger partial charge in [0.1, 0.15) is 17.3 Å². The lowest BCUT2D eigenvalue weighted by atomic mass is 10.0. The van der Waals surface area contributed by atoms with E-state index in [4.69, 9.17) is 5.10 Å². The lowest BCUT2D eigenvalue weighted by Crippen LogP contribution is -2.38. The van der Waals surface area contributed by atoms with Gasteiger partial charge in [0.2, 0.25) is 0 Å². The van der Waals surface area contributed by atoms with E-state index in [1.165, 1.54) is 6.07 Å². The highest BCUT2D eigenvalue weighted by Crippen LogP contribution is 2.36. The van der Waals surface area contributed by atoms with Crippen LogP contribution >= 0.6 is 0 Å². The van der Waals surface area contributed by atoms with E-state index >= 15 is 0 Å². The molecule has 1 amide bonds. The van der Waals surface area contributed by atoms with E-state index in [0.717, 1.165) is 28.3 Å². The summed E-state index contributed by atoms with van der Waals surface area (Å²) in [5, 5.41) is 7.87. The highest BCUT2D eigenvalue weighted by molar-refractivity contribution is 5.93. The molecule has 2 atom stereocenters. The van der Waals surface area contributed by atoms with Gasteiger partial charge < -0.3 is 10.2 Å². The summed E-state index contributed by atoms with van der Waals surface area (Å²) in [4.78, 5) is 23.5. The first-order chi connectivity index (χ1) is 16.5. The number of aryl methyl sites for hydroxylation is 2. The quantitative estimate of drug-likeness (QED) is 0.467. The number of amides is 1. The average molecular weight is 463 g/mol. The Kier molecular flexibility index (Phi) is 6.86. The smallest absolute Gasteiger partial charge is 0.270 e.